The van der Waals surface area contributed by atoms with Gasteiger partial charge in [0.05, 0.1) is 16.3 Å². The van der Waals surface area contributed by atoms with Crippen LogP contribution in [0.5, 0.6) is 0 Å². The summed E-state index contributed by atoms with van der Waals surface area (Å²) in [5.74, 6) is -1.96. The first-order valence-corrected chi connectivity index (χ1v) is 12.6. The second-order valence-corrected chi connectivity index (χ2v) is 10.0. The van der Waals surface area contributed by atoms with Gasteiger partial charge in [-0.1, -0.05) is 29.8 Å². The highest BCUT2D eigenvalue weighted by molar-refractivity contribution is 6.30. The molecule has 1 fully saturated rings. The van der Waals surface area contributed by atoms with E-state index in [2.05, 4.69) is 15.3 Å². The van der Waals surface area contributed by atoms with Gasteiger partial charge in [0.25, 0.3) is 18.2 Å². The molecule has 1 unspecified atom stereocenters. The smallest absolute Gasteiger partial charge is 0.281 e. The normalized spacial score (nSPS) is 23.0. The molecule has 3 heterocycles. The van der Waals surface area contributed by atoms with Crippen LogP contribution in [0.25, 0.3) is 0 Å². The molecule has 0 spiro atoms. The fourth-order valence-corrected chi connectivity index (χ4v) is 5.49. The highest BCUT2D eigenvalue weighted by atomic mass is 35.5. The van der Waals surface area contributed by atoms with E-state index in [0.717, 1.165) is 6.20 Å². The number of rotatable bonds is 6. The Labute approximate surface area is 221 Å². The summed E-state index contributed by atoms with van der Waals surface area (Å²) in [5.41, 5.74) is -2.50. The molecule has 5 rings (SSSR count). The summed E-state index contributed by atoms with van der Waals surface area (Å²) < 4.78 is 41.3. The maximum Gasteiger partial charge on any atom is 0.281 e. The maximum atomic E-state index is 14.7. The van der Waals surface area contributed by atoms with Crippen LogP contribution in [0.3, 0.4) is 0 Å². The van der Waals surface area contributed by atoms with Crippen LogP contribution in [-0.4, -0.2) is 39.5 Å². The molecule has 0 saturated heterocycles. The molecule has 1 atom stereocenters. The summed E-state index contributed by atoms with van der Waals surface area (Å²) in [4.78, 5) is 35.4. The van der Waals surface area contributed by atoms with Gasteiger partial charge in [-0.25, -0.2) is 13.2 Å². The number of aliphatic hydroxyl groups is 1. The Balaban J connectivity index is 1.27. The van der Waals surface area contributed by atoms with Gasteiger partial charge in [-0.3, -0.25) is 19.6 Å². The number of nitrogens with one attached hydrogen (secondary N) is 1. The topological polar surface area (TPSA) is 95.4 Å². The van der Waals surface area contributed by atoms with E-state index in [0.29, 0.717) is 37.9 Å². The van der Waals surface area contributed by atoms with Crippen molar-refractivity contribution >= 4 is 29.1 Å². The van der Waals surface area contributed by atoms with Crippen LogP contribution >= 0.6 is 11.6 Å². The van der Waals surface area contributed by atoms with Gasteiger partial charge in [0.2, 0.25) is 5.60 Å². The molecular formula is C27H24ClF3N4O3. The van der Waals surface area contributed by atoms with E-state index in [1.165, 1.54) is 41.6 Å². The molecule has 1 aliphatic carbocycles. The van der Waals surface area contributed by atoms with Gasteiger partial charge >= 0.3 is 0 Å². The Kier molecular flexibility index (Phi) is 7.11. The number of halogens is 4. The number of hydrogen-bond donors (Lipinski definition) is 2. The van der Waals surface area contributed by atoms with Crippen LogP contribution in [0.2, 0.25) is 5.02 Å². The van der Waals surface area contributed by atoms with Gasteiger partial charge in [0.1, 0.15) is 11.5 Å². The van der Waals surface area contributed by atoms with E-state index >= 15 is 0 Å². The largest absolute Gasteiger partial charge is 0.372 e. The van der Waals surface area contributed by atoms with Crippen LogP contribution in [0.4, 0.5) is 18.9 Å². The Hall–Kier alpha value is -3.50. The third kappa shape index (κ3) is 4.63. The molecule has 38 heavy (non-hydrogen) atoms. The van der Waals surface area contributed by atoms with E-state index < -0.39 is 35.4 Å². The zero-order valence-electron chi connectivity index (χ0n) is 20.1. The predicted octanol–water partition coefficient (Wildman–Crippen LogP) is 4.78. The summed E-state index contributed by atoms with van der Waals surface area (Å²) in [6, 6.07) is 8.18. The first kappa shape index (κ1) is 26.1. The fourth-order valence-electron chi connectivity index (χ4n) is 5.33. The molecule has 2 aliphatic rings. The van der Waals surface area contributed by atoms with Crippen LogP contribution < -0.4 is 10.2 Å². The number of aromatic nitrogens is 2. The Morgan fingerprint density at radius 1 is 1.16 bits per heavy atom. The van der Waals surface area contributed by atoms with Gasteiger partial charge in [-0.15, -0.1) is 0 Å². The van der Waals surface area contributed by atoms with Crippen molar-refractivity contribution in [3.05, 3.63) is 88.2 Å². The van der Waals surface area contributed by atoms with E-state index in [1.807, 2.05) is 0 Å². The highest BCUT2D eigenvalue weighted by Gasteiger charge is 2.53. The number of anilines is 1. The first-order valence-electron chi connectivity index (χ1n) is 12.2. The maximum absolute atomic E-state index is 14.7. The number of carbonyl (C=O) groups excluding carboxylic acids is 2. The lowest BCUT2D eigenvalue weighted by atomic mass is 9.85. The molecule has 2 aromatic heterocycles. The van der Waals surface area contributed by atoms with E-state index in [9.17, 15) is 27.9 Å². The minimum absolute atomic E-state index is 0.0422. The average Bonchev–Trinajstić information content (AvgIpc) is 3.12. The van der Waals surface area contributed by atoms with Crippen molar-refractivity contribution in [2.45, 2.75) is 43.8 Å². The third-order valence-electron chi connectivity index (χ3n) is 7.26. The second-order valence-electron chi connectivity index (χ2n) is 9.58. The summed E-state index contributed by atoms with van der Waals surface area (Å²) in [5, 5.41) is 14.4. The molecule has 1 aromatic carbocycles. The zero-order chi connectivity index (χ0) is 27.0. The van der Waals surface area contributed by atoms with Crippen LogP contribution in [-0.2, 0) is 10.4 Å². The van der Waals surface area contributed by atoms with Crippen molar-refractivity contribution in [3.8, 4) is 0 Å². The number of fused-ring (bicyclic) bond motifs is 1. The van der Waals surface area contributed by atoms with Crippen molar-refractivity contribution in [1.82, 2.24) is 15.3 Å². The molecule has 2 amide bonds. The Morgan fingerprint density at radius 2 is 1.89 bits per heavy atom. The number of pyridine rings is 2. The Bertz CT molecular complexity index is 1380. The molecule has 198 valence electrons. The molecular weight excluding hydrogens is 521 g/mol. The predicted molar refractivity (Wildman–Crippen MR) is 133 cm³/mol. The number of nitrogens with zero attached hydrogens (tertiary/aromatic N) is 3. The number of alkyl halides is 2. The SMILES string of the molecule is O=C(NC1CCC(CN2C(=O)C(O)(c3ccccc3F)c3cnccc32)CC1)c1cc(Cl)cnc1C(F)F. The van der Waals surface area contributed by atoms with Gasteiger partial charge in [0.15, 0.2) is 0 Å². The monoisotopic (exact) mass is 544 g/mol. The third-order valence-corrected chi connectivity index (χ3v) is 7.46. The van der Waals surface area contributed by atoms with Crippen molar-refractivity contribution in [3.63, 3.8) is 0 Å². The average molecular weight is 545 g/mol. The minimum Gasteiger partial charge on any atom is -0.372 e. The van der Waals surface area contributed by atoms with Crippen LogP contribution in [0.1, 0.15) is 59.3 Å². The second kappa shape index (κ2) is 10.3. The van der Waals surface area contributed by atoms with E-state index in [-0.39, 0.29) is 33.7 Å². The van der Waals surface area contributed by atoms with Crippen molar-refractivity contribution in [2.75, 3.05) is 11.4 Å². The number of amides is 2. The van der Waals surface area contributed by atoms with E-state index in [4.69, 9.17) is 11.6 Å². The fraction of sp³-hybridized carbons (Fsp3) is 0.333. The Morgan fingerprint density at radius 3 is 2.61 bits per heavy atom. The molecule has 2 N–H and O–H groups in total. The van der Waals surface area contributed by atoms with E-state index in [1.54, 1.807) is 12.1 Å². The summed E-state index contributed by atoms with van der Waals surface area (Å²) in [7, 11) is 0. The van der Waals surface area contributed by atoms with Gasteiger partial charge in [-0.2, -0.15) is 0 Å². The minimum atomic E-state index is -2.91. The van der Waals surface area contributed by atoms with Crippen molar-refractivity contribution < 1.29 is 27.9 Å². The quantitative estimate of drug-likeness (QED) is 0.466. The van der Waals surface area contributed by atoms with Gasteiger partial charge < -0.3 is 15.3 Å². The van der Waals surface area contributed by atoms with Crippen LogP contribution in [0.15, 0.2) is 55.0 Å². The molecule has 11 heteroatoms. The standard InChI is InChI=1S/C27H24ClF3N4O3/c28-16-11-18(23(24(30)31)33-12-16)25(36)34-17-7-5-15(6-8-17)14-35-22-9-10-32-13-20(22)27(38,26(35)37)19-3-1-2-4-21(19)29/h1-4,9-13,15,17,24,38H,5-8,14H2,(H,34,36). The number of benzene rings is 1. The lowest BCUT2D eigenvalue weighted by Gasteiger charge is -2.32. The molecule has 3 aromatic rings. The molecule has 0 radical (unpaired) electrons. The lowest BCUT2D eigenvalue weighted by Crippen LogP contribution is -2.45. The van der Waals surface area contributed by atoms with Gasteiger partial charge in [0, 0.05) is 42.3 Å². The summed E-state index contributed by atoms with van der Waals surface area (Å²) in [6.45, 7) is 0.293. The number of hydrogen-bond acceptors (Lipinski definition) is 5. The number of carbonyl (C=O) groups is 2. The lowest BCUT2D eigenvalue weighted by molar-refractivity contribution is -0.132. The first-order chi connectivity index (χ1) is 18.2. The van der Waals surface area contributed by atoms with Crippen molar-refractivity contribution in [1.29, 1.82) is 0 Å². The zero-order valence-corrected chi connectivity index (χ0v) is 20.8. The summed E-state index contributed by atoms with van der Waals surface area (Å²) >= 11 is 5.86. The van der Waals surface area contributed by atoms with Crippen LogP contribution in [0, 0.1) is 11.7 Å². The van der Waals surface area contributed by atoms with Gasteiger partial charge in [-0.05, 0) is 49.8 Å². The molecule has 1 saturated carbocycles. The molecule has 1 aliphatic heterocycles. The highest BCUT2D eigenvalue weighted by Crippen LogP contribution is 2.45. The molecule has 0 bridgehead atoms. The molecule has 7 nitrogen and oxygen atoms in total. The van der Waals surface area contributed by atoms with Crippen molar-refractivity contribution in [2.24, 2.45) is 5.92 Å². The summed E-state index contributed by atoms with van der Waals surface area (Å²) in [6.07, 6.45) is 3.47.